The molecule has 0 fully saturated rings. The molecule has 8 heteroatoms. The Bertz CT molecular complexity index is 1010. The first-order valence-corrected chi connectivity index (χ1v) is 7.91. The van der Waals surface area contributed by atoms with Crippen LogP contribution in [0, 0.1) is 0 Å². The van der Waals surface area contributed by atoms with Gasteiger partial charge in [-0.1, -0.05) is 12.1 Å². The van der Waals surface area contributed by atoms with E-state index in [-0.39, 0.29) is 17.8 Å². The van der Waals surface area contributed by atoms with Crippen molar-refractivity contribution in [3.05, 3.63) is 94.2 Å². The number of amides is 1. The molecule has 1 aromatic carbocycles. The molecule has 0 atom stereocenters. The maximum absolute atomic E-state index is 12.8. The van der Waals surface area contributed by atoms with Gasteiger partial charge in [-0.15, -0.1) is 0 Å². The highest BCUT2D eigenvalue weighted by Crippen LogP contribution is 2.29. The summed E-state index contributed by atoms with van der Waals surface area (Å²) < 4.78 is 39.7. The van der Waals surface area contributed by atoms with E-state index >= 15 is 0 Å². The Kier molecular flexibility index (Phi) is 5.07. The zero-order valence-electron chi connectivity index (χ0n) is 13.9. The van der Waals surface area contributed by atoms with Gasteiger partial charge in [-0.2, -0.15) is 13.2 Å². The fraction of sp³-hybridized carbons (Fsp3) is 0.105. The lowest BCUT2D eigenvalue weighted by atomic mass is 10.1. The maximum atomic E-state index is 12.8. The molecule has 2 aromatic heterocycles. The fourth-order valence-electron chi connectivity index (χ4n) is 2.49. The van der Waals surface area contributed by atoms with Crippen molar-refractivity contribution in [1.82, 2.24) is 9.55 Å². The smallest absolute Gasteiger partial charge is 0.317 e. The minimum atomic E-state index is -4.46. The van der Waals surface area contributed by atoms with Crippen molar-refractivity contribution in [2.75, 3.05) is 5.32 Å². The molecule has 0 spiro atoms. The van der Waals surface area contributed by atoms with Gasteiger partial charge in [0.25, 0.3) is 11.5 Å². The van der Waals surface area contributed by atoms with E-state index in [2.05, 4.69) is 10.3 Å². The van der Waals surface area contributed by atoms with Crippen LogP contribution in [0.1, 0.15) is 21.5 Å². The normalized spacial score (nSPS) is 11.2. The molecule has 0 aliphatic rings. The number of hydrogen-bond donors (Lipinski definition) is 1. The molecule has 0 unspecified atom stereocenters. The first-order chi connectivity index (χ1) is 12.8. The molecule has 0 saturated carbocycles. The van der Waals surface area contributed by atoms with Crippen LogP contribution in [0.15, 0.2) is 71.9 Å². The maximum Gasteiger partial charge on any atom is 0.416 e. The fourth-order valence-corrected chi connectivity index (χ4v) is 2.49. The summed E-state index contributed by atoms with van der Waals surface area (Å²) in [6, 6.07) is 10.9. The molecule has 138 valence electrons. The Balaban J connectivity index is 1.84. The topological polar surface area (TPSA) is 64.0 Å². The minimum absolute atomic E-state index is 0.0262. The molecule has 0 aliphatic heterocycles. The second kappa shape index (κ2) is 7.45. The highest BCUT2D eigenvalue weighted by atomic mass is 19.4. The van der Waals surface area contributed by atoms with Crippen LogP contribution in [-0.4, -0.2) is 15.5 Å². The van der Waals surface area contributed by atoms with Gasteiger partial charge in [0.15, 0.2) is 0 Å². The van der Waals surface area contributed by atoms with Gasteiger partial charge in [0.1, 0.15) is 5.69 Å². The summed E-state index contributed by atoms with van der Waals surface area (Å²) in [5.74, 6) is -0.503. The van der Waals surface area contributed by atoms with Crippen LogP contribution in [0.2, 0.25) is 0 Å². The number of halogens is 3. The van der Waals surface area contributed by atoms with E-state index in [1.165, 1.54) is 47.4 Å². The molecule has 5 nitrogen and oxygen atoms in total. The van der Waals surface area contributed by atoms with Crippen molar-refractivity contribution in [3.8, 4) is 0 Å². The zero-order chi connectivity index (χ0) is 19.4. The number of carbonyl (C=O) groups is 1. The highest BCUT2D eigenvalue weighted by Gasteiger charge is 2.30. The van der Waals surface area contributed by atoms with Crippen LogP contribution in [0.5, 0.6) is 0 Å². The number of nitrogens with one attached hydrogen (secondary N) is 1. The molecule has 3 rings (SSSR count). The van der Waals surface area contributed by atoms with Crippen LogP contribution in [-0.2, 0) is 12.7 Å². The summed E-state index contributed by atoms with van der Waals surface area (Å²) in [6.45, 7) is -0.0562. The van der Waals surface area contributed by atoms with E-state index in [1.54, 1.807) is 12.1 Å². The summed E-state index contributed by atoms with van der Waals surface area (Å²) in [6.07, 6.45) is -0.135. The summed E-state index contributed by atoms with van der Waals surface area (Å²) in [5, 5.41) is 2.50. The van der Waals surface area contributed by atoms with E-state index in [4.69, 9.17) is 0 Å². The Morgan fingerprint density at radius 2 is 1.93 bits per heavy atom. The van der Waals surface area contributed by atoms with Crippen LogP contribution in [0.3, 0.4) is 0 Å². The zero-order valence-corrected chi connectivity index (χ0v) is 13.9. The van der Waals surface area contributed by atoms with Gasteiger partial charge >= 0.3 is 6.18 Å². The Labute approximate surface area is 152 Å². The third kappa shape index (κ3) is 4.41. The van der Waals surface area contributed by atoms with Crippen molar-refractivity contribution < 1.29 is 18.0 Å². The molecule has 0 radical (unpaired) electrons. The number of benzene rings is 1. The quantitative estimate of drug-likeness (QED) is 0.761. The predicted octanol–water partition coefficient (Wildman–Crippen LogP) is 3.56. The van der Waals surface area contributed by atoms with Crippen molar-refractivity contribution in [2.45, 2.75) is 12.7 Å². The molecule has 1 N–H and O–H groups in total. The average molecular weight is 373 g/mol. The average Bonchev–Trinajstić information content (AvgIpc) is 2.65. The lowest BCUT2D eigenvalue weighted by Crippen LogP contribution is -2.26. The number of pyridine rings is 2. The second-order valence-electron chi connectivity index (χ2n) is 5.75. The molecular formula is C19H14F3N3O2. The van der Waals surface area contributed by atoms with Crippen LogP contribution < -0.4 is 10.9 Å². The lowest BCUT2D eigenvalue weighted by Gasteiger charge is -2.11. The second-order valence-corrected chi connectivity index (χ2v) is 5.75. The van der Waals surface area contributed by atoms with E-state index in [0.717, 1.165) is 12.1 Å². The van der Waals surface area contributed by atoms with Crippen LogP contribution in [0.4, 0.5) is 18.9 Å². The largest absolute Gasteiger partial charge is 0.416 e. The molecule has 0 saturated heterocycles. The van der Waals surface area contributed by atoms with Gasteiger partial charge in [-0.05, 0) is 42.0 Å². The van der Waals surface area contributed by atoms with Gasteiger partial charge in [-0.25, -0.2) is 0 Å². The summed E-state index contributed by atoms with van der Waals surface area (Å²) in [5.41, 5.74) is -0.674. The molecule has 0 bridgehead atoms. The number of rotatable bonds is 4. The van der Waals surface area contributed by atoms with Crippen molar-refractivity contribution >= 4 is 11.6 Å². The molecule has 2 heterocycles. The van der Waals surface area contributed by atoms with Gasteiger partial charge in [0.05, 0.1) is 17.7 Å². The number of carbonyl (C=O) groups excluding carboxylic acids is 1. The SMILES string of the molecule is O=C(Nc1cccn(Cc2cccc(C(F)(F)F)c2)c1=O)c1cccnc1. The van der Waals surface area contributed by atoms with Gasteiger partial charge in [0, 0.05) is 18.6 Å². The van der Waals surface area contributed by atoms with Crippen LogP contribution in [0.25, 0.3) is 0 Å². The molecular weight excluding hydrogens is 359 g/mol. The van der Waals surface area contributed by atoms with Gasteiger partial charge in [-0.3, -0.25) is 14.6 Å². The first kappa shape index (κ1) is 18.4. The number of aromatic nitrogens is 2. The van der Waals surface area contributed by atoms with Crippen LogP contribution >= 0.6 is 0 Å². The van der Waals surface area contributed by atoms with Crippen molar-refractivity contribution in [2.24, 2.45) is 0 Å². The molecule has 1 amide bonds. The summed E-state index contributed by atoms with van der Waals surface area (Å²) in [4.78, 5) is 28.5. The Hall–Kier alpha value is -3.42. The molecule has 3 aromatic rings. The number of anilines is 1. The monoisotopic (exact) mass is 373 g/mol. The Morgan fingerprint density at radius 3 is 2.63 bits per heavy atom. The third-order valence-corrected chi connectivity index (χ3v) is 3.80. The standard InChI is InChI=1S/C19H14F3N3O2/c20-19(21,22)15-6-1-4-13(10-15)12-25-9-3-7-16(18(25)27)24-17(26)14-5-2-8-23-11-14/h1-11H,12H2,(H,24,26). The number of hydrogen-bond acceptors (Lipinski definition) is 3. The van der Waals surface area contributed by atoms with E-state index in [0.29, 0.717) is 5.56 Å². The summed E-state index contributed by atoms with van der Waals surface area (Å²) >= 11 is 0. The minimum Gasteiger partial charge on any atom is -0.317 e. The lowest BCUT2D eigenvalue weighted by molar-refractivity contribution is -0.137. The van der Waals surface area contributed by atoms with Crippen molar-refractivity contribution in [1.29, 1.82) is 0 Å². The van der Waals surface area contributed by atoms with Gasteiger partial charge < -0.3 is 9.88 Å². The van der Waals surface area contributed by atoms with Crippen molar-refractivity contribution in [3.63, 3.8) is 0 Å². The summed E-state index contributed by atoms with van der Waals surface area (Å²) in [7, 11) is 0. The predicted molar refractivity (Wildman–Crippen MR) is 93.4 cm³/mol. The number of nitrogens with zero attached hydrogens (tertiary/aromatic N) is 2. The number of alkyl halides is 3. The molecule has 27 heavy (non-hydrogen) atoms. The highest BCUT2D eigenvalue weighted by molar-refractivity contribution is 6.03. The van der Waals surface area contributed by atoms with E-state index in [1.807, 2.05) is 0 Å². The first-order valence-electron chi connectivity index (χ1n) is 7.91. The Morgan fingerprint density at radius 1 is 1.11 bits per heavy atom. The van der Waals surface area contributed by atoms with E-state index < -0.39 is 23.2 Å². The van der Waals surface area contributed by atoms with E-state index in [9.17, 15) is 22.8 Å². The third-order valence-electron chi connectivity index (χ3n) is 3.80. The van der Waals surface area contributed by atoms with Gasteiger partial charge in [0.2, 0.25) is 0 Å². The molecule has 0 aliphatic carbocycles.